The highest BCUT2D eigenvalue weighted by Gasteiger charge is 2.27. The van der Waals surface area contributed by atoms with Gasteiger partial charge in [0, 0.05) is 30.1 Å². The van der Waals surface area contributed by atoms with E-state index in [1.807, 2.05) is 30.3 Å². The summed E-state index contributed by atoms with van der Waals surface area (Å²) in [5, 5.41) is 0.607. The summed E-state index contributed by atoms with van der Waals surface area (Å²) < 4.78 is 0. The Balaban J connectivity index is 1.46. The number of amides is 3. The van der Waals surface area contributed by atoms with E-state index < -0.39 is 5.91 Å². The summed E-state index contributed by atoms with van der Waals surface area (Å²) in [5.41, 5.74) is 5.92. The lowest BCUT2D eigenvalue weighted by Gasteiger charge is -2.30. The van der Waals surface area contributed by atoms with Gasteiger partial charge in [0.1, 0.15) is 0 Å². The Morgan fingerprint density at radius 1 is 0.967 bits per heavy atom. The number of hydrazine groups is 1. The number of carbonyl (C=O) groups excluding carboxylic acids is 3. The van der Waals surface area contributed by atoms with Gasteiger partial charge in [-0.05, 0) is 42.7 Å². The molecule has 1 aliphatic rings. The number of rotatable bonds is 4. The summed E-state index contributed by atoms with van der Waals surface area (Å²) in [5.74, 6) is -1.22. The monoisotopic (exact) mass is 445 g/mol. The maximum Gasteiger partial charge on any atom is 0.271 e. The predicted molar refractivity (Wildman–Crippen MR) is 117 cm³/mol. The van der Waals surface area contributed by atoms with E-state index in [9.17, 15) is 14.4 Å². The number of nitrogens with one attached hydrogen (secondary N) is 2. The van der Waals surface area contributed by atoms with Crippen molar-refractivity contribution in [1.82, 2.24) is 15.8 Å². The average molecular weight is 446 g/mol. The molecule has 2 N–H and O–H groups in total. The highest BCUT2D eigenvalue weighted by atomic mass is 35.5. The highest BCUT2D eigenvalue weighted by molar-refractivity contribution is 6.35. The summed E-state index contributed by atoms with van der Waals surface area (Å²) in [6, 6.07) is 14.1. The molecule has 0 unspecified atom stereocenters. The van der Waals surface area contributed by atoms with Crippen LogP contribution in [0.25, 0.3) is 6.08 Å². The molecular weight excluding hydrogens is 425 g/mol. The lowest BCUT2D eigenvalue weighted by Crippen LogP contribution is -2.48. The van der Waals surface area contributed by atoms with Crippen molar-refractivity contribution in [2.45, 2.75) is 12.8 Å². The molecule has 156 valence electrons. The SMILES string of the molecule is O=C(NNC(=O)C1CCN(C(=O)/C=C/c2ccccc2)CC1)c1cc(Cl)ccc1Cl. The molecule has 8 heteroatoms. The van der Waals surface area contributed by atoms with Crippen LogP contribution >= 0.6 is 23.2 Å². The average Bonchev–Trinajstić information content (AvgIpc) is 2.78. The van der Waals surface area contributed by atoms with Crippen molar-refractivity contribution in [3.63, 3.8) is 0 Å². The van der Waals surface area contributed by atoms with Crippen molar-refractivity contribution in [2.75, 3.05) is 13.1 Å². The zero-order chi connectivity index (χ0) is 21.5. The molecule has 0 bridgehead atoms. The fourth-order valence-corrected chi connectivity index (χ4v) is 3.53. The summed E-state index contributed by atoms with van der Waals surface area (Å²) in [4.78, 5) is 38.6. The fourth-order valence-electron chi connectivity index (χ4n) is 3.16. The number of hydrogen-bond acceptors (Lipinski definition) is 3. The van der Waals surface area contributed by atoms with Gasteiger partial charge in [-0.3, -0.25) is 25.2 Å². The molecule has 1 heterocycles. The summed E-state index contributed by atoms with van der Waals surface area (Å²) >= 11 is 11.9. The zero-order valence-electron chi connectivity index (χ0n) is 16.1. The first-order valence-electron chi connectivity index (χ1n) is 9.51. The lowest BCUT2D eigenvalue weighted by atomic mass is 9.96. The third kappa shape index (κ3) is 5.84. The Bertz CT molecular complexity index is 955. The third-order valence-corrected chi connectivity index (χ3v) is 5.43. The van der Waals surface area contributed by atoms with Crippen molar-refractivity contribution < 1.29 is 14.4 Å². The number of piperidine rings is 1. The first-order valence-corrected chi connectivity index (χ1v) is 10.3. The second-order valence-corrected chi connectivity index (χ2v) is 7.75. The molecule has 0 spiro atoms. The topological polar surface area (TPSA) is 78.5 Å². The number of likely N-dealkylation sites (tertiary alicyclic amines) is 1. The summed E-state index contributed by atoms with van der Waals surface area (Å²) in [6.45, 7) is 0.953. The van der Waals surface area contributed by atoms with E-state index in [1.165, 1.54) is 12.1 Å². The number of hydrogen-bond donors (Lipinski definition) is 2. The van der Waals surface area contributed by atoms with Gasteiger partial charge < -0.3 is 4.90 Å². The number of nitrogens with zero attached hydrogens (tertiary/aromatic N) is 1. The lowest BCUT2D eigenvalue weighted by molar-refractivity contribution is -0.132. The van der Waals surface area contributed by atoms with Crippen LogP contribution in [-0.2, 0) is 9.59 Å². The second-order valence-electron chi connectivity index (χ2n) is 6.91. The molecule has 0 aliphatic carbocycles. The molecule has 2 aromatic rings. The standard InChI is InChI=1S/C22H21Cl2N3O3/c23-17-7-8-19(24)18(14-17)22(30)26-25-21(29)16-10-12-27(13-11-16)20(28)9-6-15-4-2-1-3-5-15/h1-9,14,16H,10-13H2,(H,25,29)(H,26,30)/b9-6+. The van der Waals surface area contributed by atoms with Crippen molar-refractivity contribution in [3.8, 4) is 0 Å². The van der Waals surface area contributed by atoms with Crippen molar-refractivity contribution in [2.24, 2.45) is 5.92 Å². The molecule has 0 atom stereocenters. The van der Waals surface area contributed by atoms with Gasteiger partial charge in [-0.25, -0.2) is 0 Å². The van der Waals surface area contributed by atoms with Crippen LogP contribution in [0, 0.1) is 5.92 Å². The van der Waals surface area contributed by atoms with Gasteiger partial charge >= 0.3 is 0 Å². The quantitative estimate of drug-likeness (QED) is 0.555. The van der Waals surface area contributed by atoms with Crippen molar-refractivity contribution in [3.05, 3.63) is 75.8 Å². The van der Waals surface area contributed by atoms with E-state index in [0.29, 0.717) is 31.0 Å². The van der Waals surface area contributed by atoms with E-state index in [1.54, 1.807) is 23.1 Å². The van der Waals surface area contributed by atoms with E-state index in [2.05, 4.69) is 10.9 Å². The normalized spacial score (nSPS) is 14.5. The van der Waals surface area contributed by atoms with Crippen LogP contribution in [0.1, 0.15) is 28.8 Å². The first kappa shape index (κ1) is 21.9. The van der Waals surface area contributed by atoms with E-state index in [0.717, 1.165) is 5.56 Å². The van der Waals surface area contributed by atoms with E-state index in [-0.39, 0.29) is 28.3 Å². The third-order valence-electron chi connectivity index (χ3n) is 4.87. The van der Waals surface area contributed by atoms with Gasteiger partial charge in [-0.15, -0.1) is 0 Å². The van der Waals surface area contributed by atoms with Crippen molar-refractivity contribution in [1.29, 1.82) is 0 Å². The smallest absolute Gasteiger partial charge is 0.271 e. The van der Waals surface area contributed by atoms with Crippen LogP contribution in [0.3, 0.4) is 0 Å². The van der Waals surface area contributed by atoms with Crippen molar-refractivity contribution >= 4 is 47.0 Å². The van der Waals surface area contributed by atoms with Crippen LogP contribution in [0.2, 0.25) is 10.0 Å². The largest absolute Gasteiger partial charge is 0.339 e. The molecule has 2 aromatic carbocycles. The molecule has 0 saturated carbocycles. The maximum atomic E-state index is 12.4. The Labute approximate surface area is 184 Å². The van der Waals surface area contributed by atoms with Crippen LogP contribution in [0.15, 0.2) is 54.6 Å². The van der Waals surface area contributed by atoms with Gasteiger partial charge in [0.25, 0.3) is 5.91 Å². The molecule has 0 aromatic heterocycles. The van der Waals surface area contributed by atoms with Gasteiger partial charge in [0.05, 0.1) is 10.6 Å². The fraction of sp³-hybridized carbons (Fsp3) is 0.227. The Morgan fingerprint density at radius 2 is 1.67 bits per heavy atom. The number of benzene rings is 2. The highest BCUT2D eigenvalue weighted by Crippen LogP contribution is 2.21. The Morgan fingerprint density at radius 3 is 2.37 bits per heavy atom. The zero-order valence-corrected chi connectivity index (χ0v) is 17.6. The van der Waals surface area contributed by atoms with E-state index in [4.69, 9.17) is 23.2 Å². The second kappa shape index (κ2) is 10.3. The first-order chi connectivity index (χ1) is 14.4. The van der Waals surface area contributed by atoms with Gasteiger partial charge in [0.15, 0.2) is 0 Å². The van der Waals surface area contributed by atoms with Crippen LogP contribution in [0.4, 0.5) is 0 Å². The van der Waals surface area contributed by atoms with Gasteiger partial charge in [-0.2, -0.15) is 0 Å². The molecule has 6 nitrogen and oxygen atoms in total. The summed E-state index contributed by atoms with van der Waals surface area (Å²) in [6.07, 6.45) is 4.36. The van der Waals surface area contributed by atoms with Crippen LogP contribution in [0.5, 0.6) is 0 Å². The minimum atomic E-state index is -0.547. The summed E-state index contributed by atoms with van der Waals surface area (Å²) in [7, 11) is 0. The van der Waals surface area contributed by atoms with Crippen LogP contribution in [-0.4, -0.2) is 35.7 Å². The molecule has 1 aliphatic heterocycles. The van der Waals surface area contributed by atoms with Gasteiger partial charge in [-0.1, -0.05) is 53.5 Å². The Kier molecular flexibility index (Phi) is 7.49. The Hall–Kier alpha value is -2.83. The maximum absolute atomic E-state index is 12.4. The van der Waals surface area contributed by atoms with E-state index >= 15 is 0 Å². The molecular formula is C22H21Cl2N3O3. The molecule has 1 saturated heterocycles. The number of carbonyl (C=O) groups is 3. The molecule has 1 fully saturated rings. The molecule has 0 radical (unpaired) electrons. The predicted octanol–water partition coefficient (Wildman–Crippen LogP) is 3.71. The van der Waals surface area contributed by atoms with Gasteiger partial charge in [0.2, 0.25) is 11.8 Å². The minimum Gasteiger partial charge on any atom is -0.339 e. The number of halogens is 2. The molecule has 3 amide bonds. The molecule has 3 rings (SSSR count). The van der Waals surface area contributed by atoms with Crippen LogP contribution < -0.4 is 10.9 Å². The minimum absolute atomic E-state index is 0.0818. The molecule has 30 heavy (non-hydrogen) atoms.